The molecular weight excluding hydrogens is 246 g/mol. The Bertz CT molecular complexity index is 465. The normalized spacial score (nSPS) is 26.2. The second-order valence-electron chi connectivity index (χ2n) is 5.38. The van der Waals surface area contributed by atoms with Gasteiger partial charge in [0.1, 0.15) is 5.82 Å². The minimum absolute atomic E-state index is 0.0410. The molecule has 0 unspecified atom stereocenters. The molecule has 0 radical (unpaired) electrons. The summed E-state index contributed by atoms with van der Waals surface area (Å²) >= 11 is 0. The molecule has 0 spiro atoms. The lowest BCUT2D eigenvalue weighted by Gasteiger charge is -2.10. The van der Waals surface area contributed by atoms with Crippen LogP contribution in [0.25, 0.3) is 0 Å². The van der Waals surface area contributed by atoms with Crippen molar-refractivity contribution in [3.63, 3.8) is 0 Å². The number of halogens is 4. The van der Waals surface area contributed by atoms with Gasteiger partial charge < -0.3 is 5.73 Å². The second-order valence-corrected chi connectivity index (χ2v) is 5.38. The molecule has 0 aliphatic heterocycles. The van der Waals surface area contributed by atoms with Gasteiger partial charge in [-0.3, -0.25) is 0 Å². The molecule has 1 aliphatic carbocycles. The molecule has 2 N–H and O–H groups in total. The van der Waals surface area contributed by atoms with Gasteiger partial charge >= 0.3 is 6.18 Å². The van der Waals surface area contributed by atoms with Crippen molar-refractivity contribution >= 4 is 0 Å². The third kappa shape index (κ3) is 2.00. The lowest BCUT2D eigenvalue weighted by atomic mass is 10.0. The lowest BCUT2D eigenvalue weighted by molar-refractivity contribution is -0.140. The van der Waals surface area contributed by atoms with Crippen LogP contribution in [0.15, 0.2) is 18.2 Å². The van der Waals surface area contributed by atoms with Gasteiger partial charge in [-0.15, -0.1) is 0 Å². The number of benzene rings is 1. The fraction of sp³-hybridized carbons (Fsp3) is 0.538. The van der Waals surface area contributed by atoms with Gasteiger partial charge in [-0.2, -0.15) is 13.2 Å². The van der Waals surface area contributed by atoms with Crippen molar-refractivity contribution in [1.29, 1.82) is 0 Å². The first-order valence-electron chi connectivity index (χ1n) is 5.76. The zero-order valence-electron chi connectivity index (χ0n) is 10.2. The highest BCUT2D eigenvalue weighted by atomic mass is 19.4. The third-order valence-corrected chi connectivity index (χ3v) is 3.96. The molecule has 0 saturated heterocycles. The maximum atomic E-state index is 13.5. The Hall–Kier alpha value is -1.10. The number of rotatable bonds is 2. The molecule has 18 heavy (non-hydrogen) atoms. The number of hydrogen-bond donors (Lipinski definition) is 1. The van der Waals surface area contributed by atoms with Gasteiger partial charge in [-0.25, -0.2) is 4.39 Å². The van der Waals surface area contributed by atoms with Crippen molar-refractivity contribution in [3.05, 3.63) is 35.1 Å². The highest BCUT2D eigenvalue weighted by Crippen LogP contribution is 2.63. The Kier molecular flexibility index (Phi) is 2.93. The van der Waals surface area contributed by atoms with Crippen LogP contribution in [0.5, 0.6) is 0 Å². The van der Waals surface area contributed by atoms with Crippen LogP contribution < -0.4 is 5.73 Å². The molecule has 0 amide bonds. The van der Waals surface area contributed by atoms with E-state index in [1.807, 2.05) is 13.8 Å². The van der Waals surface area contributed by atoms with Gasteiger partial charge in [0.15, 0.2) is 0 Å². The van der Waals surface area contributed by atoms with Crippen LogP contribution >= 0.6 is 0 Å². The van der Waals surface area contributed by atoms with E-state index in [4.69, 9.17) is 5.73 Å². The van der Waals surface area contributed by atoms with E-state index in [2.05, 4.69) is 0 Å². The first-order chi connectivity index (χ1) is 8.19. The molecule has 2 atom stereocenters. The molecule has 1 aromatic rings. The Morgan fingerprint density at radius 1 is 1.28 bits per heavy atom. The Labute approximate surface area is 103 Å². The van der Waals surface area contributed by atoms with Crippen molar-refractivity contribution in [2.75, 3.05) is 6.54 Å². The highest BCUT2D eigenvalue weighted by Gasteiger charge is 2.57. The Morgan fingerprint density at radius 2 is 1.89 bits per heavy atom. The first-order valence-corrected chi connectivity index (χ1v) is 5.76. The summed E-state index contributed by atoms with van der Waals surface area (Å²) in [5, 5.41) is 0. The zero-order chi connectivity index (χ0) is 13.7. The van der Waals surface area contributed by atoms with E-state index in [9.17, 15) is 17.6 Å². The number of alkyl halides is 3. The predicted octanol–water partition coefficient (Wildman–Crippen LogP) is 3.54. The van der Waals surface area contributed by atoms with E-state index in [0.717, 1.165) is 12.1 Å². The molecule has 1 aromatic carbocycles. The van der Waals surface area contributed by atoms with Crippen molar-refractivity contribution < 1.29 is 17.6 Å². The van der Waals surface area contributed by atoms with Crippen LogP contribution in [0, 0.1) is 17.2 Å². The third-order valence-electron chi connectivity index (χ3n) is 3.96. The van der Waals surface area contributed by atoms with Crippen LogP contribution in [0.2, 0.25) is 0 Å². The molecule has 1 nitrogen and oxygen atoms in total. The van der Waals surface area contributed by atoms with Crippen LogP contribution in [0.3, 0.4) is 0 Å². The Morgan fingerprint density at radius 3 is 2.28 bits per heavy atom. The molecule has 0 aromatic heterocycles. The summed E-state index contributed by atoms with van der Waals surface area (Å²) in [4.78, 5) is 0. The van der Waals surface area contributed by atoms with E-state index in [1.165, 1.54) is 6.07 Å². The molecule has 1 saturated carbocycles. The molecule has 5 heteroatoms. The predicted molar refractivity (Wildman–Crippen MR) is 60.5 cm³/mol. The zero-order valence-corrected chi connectivity index (χ0v) is 10.2. The number of hydrogen-bond acceptors (Lipinski definition) is 1. The maximum absolute atomic E-state index is 13.5. The summed E-state index contributed by atoms with van der Waals surface area (Å²) in [5.74, 6) is -0.966. The smallest absolute Gasteiger partial charge is 0.330 e. The monoisotopic (exact) mass is 261 g/mol. The van der Waals surface area contributed by atoms with Crippen LogP contribution in [0.4, 0.5) is 17.6 Å². The van der Waals surface area contributed by atoms with Crippen LogP contribution in [-0.2, 0) is 6.18 Å². The fourth-order valence-electron chi connectivity index (χ4n) is 2.80. The maximum Gasteiger partial charge on any atom is 0.419 e. The molecule has 1 aliphatic rings. The Balaban J connectivity index is 2.32. The van der Waals surface area contributed by atoms with Gasteiger partial charge in [0, 0.05) is 0 Å². The largest absolute Gasteiger partial charge is 0.419 e. The van der Waals surface area contributed by atoms with Crippen molar-refractivity contribution in [2.24, 2.45) is 17.1 Å². The van der Waals surface area contributed by atoms with Crippen molar-refractivity contribution in [2.45, 2.75) is 25.9 Å². The average Bonchev–Trinajstić information content (AvgIpc) is 2.78. The topological polar surface area (TPSA) is 26.0 Å². The van der Waals surface area contributed by atoms with Gasteiger partial charge in [-0.05, 0) is 41.5 Å². The van der Waals surface area contributed by atoms with Gasteiger partial charge in [0.2, 0.25) is 0 Å². The summed E-state index contributed by atoms with van der Waals surface area (Å²) in [5.41, 5.74) is 4.92. The minimum atomic E-state index is -4.64. The first kappa shape index (κ1) is 13.3. The highest BCUT2D eigenvalue weighted by molar-refractivity contribution is 5.35. The summed E-state index contributed by atoms with van der Waals surface area (Å²) in [6.45, 7) is 4.44. The molecule has 0 bridgehead atoms. The molecule has 100 valence electrons. The molecule has 0 heterocycles. The van der Waals surface area contributed by atoms with Crippen LogP contribution in [-0.4, -0.2) is 6.54 Å². The molecule has 1 fully saturated rings. The summed E-state index contributed by atoms with van der Waals surface area (Å²) in [7, 11) is 0. The quantitative estimate of drug-likeness (QED) is 0.809. The van der Waals surface area contributed by atoms with E-state index >= 15 is 0 Å². The summed E-state index contributed by atoms with van der Waals surface area (Å²) in [6.07, 6.45) is -4.64. The molecule has 2 rings (SSSR count). The van der Waals surface area contributed by atoms with Gasteiger partial charge in [0.25, 0.3) is 0 Å². The van der Waals surface area contributed by atoms with E-state index in [0.29, 0.717) is 12.1 Å². The standard InChI is InChI=1S/C13H15F4N/c1-12(2)9(6-18)11(12)7-3-4-8(10(14)5-7)13(15,16)17/h3-5,9,11H,6,18H2,1-2H3/t9-,11-/m1/s1. The van der Waals surface area contributed by atoms with E-state index in [-0.39, 0.29) is 17.3 Å². The van der Waals surface area contributed by atoms with Crippen molar-refractivity contribution in [3.8, 4) is 0 Å². The fourth-order valence-corrected chi connectivity index (χ4v) is 2.80. The SMILES string of the molecule is CC1(C)[C@H](CN)[C@H]1c1ccc(C(F)(F)F)c(F)c1. The summed E-state index contributed by atoms with van der Waals surface area (Å²) in [6, 6.07) is 3.16. The second kappa shape index (κ2) is 3.95. The average molecular weight is 261 g/mol. The van der Waals surface area contributed by atoms with E-state index < -0.39 is 17.6 Å². The minimum Gasteiger partial charge on any atom is -0.330 e. The molecular formula is C13H15F4N. The van der Waals surface area contributed by atoms with Gasteiger partial charge in [0.05, 0.1) is 5.56 Å². The lowest BCUT2D eigenvalue weighted by Crippen LogP contribution is -2.08. The van der Waals surface area contributed by atoms with Gasteiger partial charge in [-0.1, -0.05) is 19.9 Å². The van der Waals surface area contributed by atoms with Crippen LogP contribution in [0.1, 0.15) is 30.9 Å². The summed E-state index contributed by atoms with van der Waals surface area (Å²) < 4.78 is 50.8. The van der Waals surface area contributed by atoms with E-state index in [1.54, 1.807) is 0 Å². The number of nitrogens with two attached hydrogens (primary N) is 1. The van der Waals surface area contributed by atoms with Crippen molar-refractivity contribution in [1.82, 2.24) is 0 Å².